The maximum atomic E-state index is 12.6. The number of rotatable bonds is 1. The Labute approximate surface area is 126 Å². The Morgan fingerprint density at radius 2 is 1.95 bits per heavy atom. The summed E-state index contributed by atoms with van der Waals surface area (Å²) >= 11 is 0. The molecule has 2 aliphatic rings. The Hall–Kier alpha value is -2.18. The molecule has 0 fully saturated rings. The Morgan fingerprint density at radius 1 is 1.27 bits per heavy atom. The van der Waals surface area contributed by atoms with Gasteiger partial charge in [-0.25, -0.2) is 0 Å². The molecule has 3 rings (SSSR count). The van der Waals surface area contributed by atoms with E-state index < -0.39 is 23.3 Å². The minimum atomic E-state index is -1.27. The van der Waals surface area contributed by atoms with Crippen LogP contribution in [0, 0.1) is 0 Å². The first kappa shape index (κ1) is 14.7. The van der Waals surface area contributed by atoms with Crippen molar-refractivity contribution in [2.75, 3.05) is 7.11 Å². The number of carbonyl (C=O) groups excluding carboxylic acids is 2. The van der Waals surface area contributed by atoms with Crippen molar-refractivity contribution >= 4 is 11.6 Å². The van der Waals surface area contributed by atoms with Gasteiger partial charge in [-0.05, 0) is 13.0 Å². The number of aliphatic hydroxyl groups is 2. The zero-order valence-electron chi connectivity index (χ0n) is 12.2. The van der Waals surface area contributed by atoms with E-state index in [0.29, 0.717) is 0 Å². The van der Waals surface area contributed by atoms with Crippen LogP contribution in [0.1, 0.15) is 40.5 Å². The van der Waals surface area contributed by atoms with E-state index in [1.165, 1.54) is 26.2 Å². The smallest absolute Gasteiger partial charge is 0.194 e. The average Bonchev–Trinajstić information content (AvgIpc) is 2.42. The standard InChI is InChI=1S/C16H16O6/c1-16(21)5-9-13(11(18)6-16)14(19)8-3-7(22-2)4-10(17)12(8)15(9)20/h3-4,11,17-18,21H,5-6H2,1-2H3/t11-,16-/m0/s1. The molecule has 0 spiro atoms. The number of fused-ring (bicyclic) bond motifs is 1. The highest BCUT2D eigenvalue weighted by Crippen LogP contribution is 2.42. The van der Waals surface area contributed by atoms with Gasteiger partial charge < -0.3 is 20.1 Å². The summed E-state index contributed by atoms with van der Waals surface area (Å²) in [6.07, 6.45) is -1.26. The fourth-order valence-electron chi connectivity index (χ4n) is 3.19. The lowest BCUT2D eigenvalue weighted by atomic mass is 9.71. The molecule has 116 valence electrons. The number of aliphatic hydroxyl groups excluding tert-OH is 1. The van der Waals surface area contributed by atoms with Gasteiger partial charge in [0.2, 0.25) is 0 Å². The fourth-order valence-corrected chi connectivity index (χ4v) is 3.19. The number of ketones is 2. The largest absolute Gasteiger partial charge is 0.507 e. The van der Waals surface area contributed by atoms with Crippen LogP contribution in [-0.2, 0) is 0 Å². The van der Waals surface area contributed by atoms with Gasteiger partial charge in [0.15, 0.2) is 11.6 Å². The number of phenols is 1. The monoisotopic (exact) mass is 304 g/mol. The number of hydrogen-bond acceptors (Lipinski definition) is 6. The molecule has 2 aliphatic carbocycles. The van der Waals surface area contributed by atoms with Gasteiger partial charge in [-0.1, -0.05) is 0 Å². The molecule has 0 aliphatic heterocycles. The zero-order chi connectivity index (χ0) is 16.2. The van der Waals surface area contributed by atoms with Gasteiger partial charge in [-0.15, -0.1) is 0 Å². The molecule has 0 amide bonds. The SMILES string of the molecule is COc1cc(O)c2c(c1)C(=O)C1=C(C[C@](C)(O)C[C@@H]1O)C2=O. The Kier molecular flexibility index (Phi) is 3.12. The molecular formula is C16H16O6. The van der Waals surface area contributed by atoms with E-state index in [1.54, 1.807) is 0 Å². The van der Waals surface area contributed by atoms with Crippen molar-refractivity contribution < 1.29 is 29.6 Å². The van der Waals surface area contributed by atoms with Gasteiger partial charge in [-0.3, -0.25) is 9.59 Å². The summed E-state index contributed by atoms with van der Waals surface area (Å²) in [4.78, 5) is 25.2. The molecule has 1 aromatic rings. The van der Waals surface area contributed by atoms with Crippen LogP contribution in [0.4, 0.5) is 0 Å². The number of ether oxygens (including phenoxy) is 1. The van der Waals surface area contributed by atoms with Crippen molar-refractivity contribution in [3.05, 3.63) is 34.4 Å². The summed E-state index contributed by atoms with van der Waals surface area (Å²) in [6, 6.07) is 2.63. The van der Waals surface area contributed by atoms with Crippen LogP contribution in [0.25, 0.3) is 0 Å². The van der Waals surface area contributed by atoms with Crippen molar-refractivity contribution in [3.8, 4) is 11.5 Å². The number of carbonyl (C=O) groups is 2. The van der Waals surface area contributed by atoms with Crippen LogP contribution >= 0.6 is 0 Å². The summed E-state index contributed by atoms with van der Waals surface area (Å²) in [5.41, 5.74) is -1.28. The molecule has 0 saturated carbocycles. The van der Waals surface area contributed by atoms with Crippen LogP contribution in [0.2, 0.25) is 0 Å². The van der Waals surface area contributed by atoms with Crippen molar-refractivity contribution in [2.24, 2.45) is 0 Å². The molecule has 1 aromatic carbocycles. The minimum Gasteiger partial charge on any atom is -0.507 e. The molecule has 6 heteroatoms. The second-order valence-electron chi connectivity index (χ2n) is 6.01. The second-order valence-corrected chi connectivity index (χ2v) is 6.01. The van der Waals surface area contributed by atoms with Gasteiger partial charge >= 0.3 is 0 Å². The van der Waals surface area contributed by atoms with Crippen LogP contribution in [0.5, 0.6) is 11.5 Å². The molecule has 22 heavy (non-hydrogen) atoms. The van der Waals surface area contributed by atoms with E-state index >= 15 is 0 Å². The number of methoxy groups -OCH3 is 1. The Balaban J connectivity index is 2.23. The van der Waals surface area contributed by atoms with Crippen LogP contribution < -0.4 is 4.74 Å². The molecule has 0 aromatic heterocycles. The van der Waals surface area contributed by atoms with E-state index in [4.69, 9.17) is 4.74 Å². The van der Waals surface area contributed by atoms with Gasteiger partial charge in [0.1, 0.15) is 11.5 Å². The van der Waals surface area contributed by atoms with Crippen molar-refractivity contribution in [2.45, 2.75) is 31.5 Å². The number of benzene rings is 1. The topological polar surface area (TPSA) is 104 Å². The molecular weight excluding hydrogens is 288 g/mol. The third kappa shape index (κ3) is 2.03. The molecule has 3 N–H and O–H groups in total. The first-order valence-corrected chi connectivity index (χ1v) is 6.89. The van der Waals surface area contributed by atoms with Gasteiger partial charge in [0, 0.05) is 35.6 Å². The number of aromatic hydroxyl groups is 1. The first-order valence-electron chi connectivity index (χ1n) is 6.89. The number of phenolic OH excluding ortho intramolecular Hbond substituents is 1. The first-order chi connectivity index (χ1) is 10.2. The van der Waals surface area contributed by atoms with Crippen LogP contribution in [0.15, 0.2) is 23.3 Å². The van der Waals surface area contributed by atoms with E-state index in [0.717, 1.165) is 0 Å². The third-order valence-electron chi connectivity index (χ3n) is 4.17. The maximum absolute atomic E-state index is 12.6. The maximum Gasteiger partial charge on any atom is 0.194 e. The summed E-state index contributed by atoms with van der Waals surface area (Å²) in [6.45, 7) is 1.50. The predicted octanol–water partition coefficient (Wildman–Crippen LogP) is 0.982. The molecule has 0 radical (unpaired) electrons. The molecule has 0 saturated heterocycles. The summed E-state index contributed by atoms with van der Waals surface area (Å²) in [5.74, 6) is -1.15. The summed E-state index contributed by atoms with van der Waals surface area (Å²) < 4.78 is 5.00. The van der Waals surface area contributed by atoms with E-state index in [2.05, 4.69) is 0 Å². The van der Waals surface area contributed by atoms with Crippen LogP contribution in [0.3, 0.4) is 0 Å². The predicted molar refractivity (Wildman–Crippen MR) is 76.2 cm³/mol. The van der Waals surface area contributed by atoms with E-state index in [9.17, 15) is 24.9 Å². The number of hydrogen-bond donors (Lipinski definition) is 3. The molecule has 0 bridgehead atoms. The van der Waals surface area contributed by atoms with Crippen molar-refractivity contribution in [1.29, 1.82) is 0 Å². The van der Waals surface area contributed by atoms with E-state index in [-0.39, 0.29) is 46.6 Å². The molecule has 0 heterocycles. The van der Waals surface area contributed by atoms with Gasteiger partial charge in [-0.2, -0.15) is 0 Å². The minimum absolute atomic E-state index is 0.0108. The highest BCUT2D eigenvalue weighted by atomic mass is 16.5. The highest BCUT2D eigenvalue weighted by molar-refractivity contribution is 6.28. The summed E-state index contributed by atoms with van der Waals surface area (Å²) in [5, 5.41) is 30.4. The lowest BCUT2D eigenvalue weighted by Gasteiger charge is -2.36. The number of Topliss-reactive ketones (excluding diaryl/α,β-unsaturated/α-hetero) is 2. The normalized spacial score (nSPS) is 27.5. The Morgan fingerprint density at radius 3 is 2.59 bits per heavy atom. The second kappa shape index (κ2) is 4.66. The lowest BCUT2D eigenvalue weighted by molar-refractivity contribution is 0.00374. The lowest BCUT2D eigenvalue weighted by Crippen LogP contribution is -2.42. The summed E-state index contributed by atoms with van der Waals surface area (Å²) in [7, 11) is 1.38. The van der Waals surface area contributed by atoms with E-state index in [1.807, 2.05) is 0 Å². The molecule has 0 unspecified atom stereocenters. The zero-order valence-corrected chi connectivity index (χ0v) is 12.2. The molecule has 6 nitrogen and oxygen atoms in total. The quantitative estimate of drug-likeness (QED) is 0.714. The van der Waals surface area contributed by atoms with Gasteiger partial charge in [0.05, 0.1) is 24.4 Å². The van der Waals surface area contributed by atoms with Crippen LogP contribution in [-0.4, -0.2) is 45.7 Å². The van der Waals surface area contributed by atoms with Gasteiger partial charge in [0.25, 0.3) is 0 Å². The van der Waals surface area contributed by atoms with Crippen molar-refractivity contribution in [1.82, 2.24) is 0 Å². The van der Waals surface area contributed by atoms with Crippen molar-refractivity contribution in [3.63, 3.8) is 0 Å². The third-order valence-corrected chi connectivity index (χ3v) is 4.17. The molecule has 2 atom stereocenters. The highest BCUT2D eigenvalue weighted by Gasteiger charge is 2.44. The average molecular weight is 304 g/mol. The fraction of sp³-hybridized carbons (Fsp3) is 0.375. The Bertz CT molecular complexity index is 728.